The quantitative estimate of drug-likeness (QED) is 0.845. The van der Waals surface area contributed by atoms with Crippen molar-refractivity contribution in [3.05, 3.63) is 70.2 Å². The van der Waals surface area contributed by atoms with Crippen molar-refractivity contribution in [1.82, 2.24) is 10.2 Å². The fourth-order valence-electron chi connectivity index (χ4n) is 4.05. The third-order valence-corrected chi connectivity index (χ3v) is 5.82. The van der Waals surface area contributed by atoms with Crippen LogP contribution in [0.3, 0.4) is 0 Å². The molecule has 2 saturated heterocycles. The van der Waals surface area contributed by atoms with E-state index < -0.39 is 0 Å². The average Bonchev–Trinajstić information content (AvgIpc) is 3.31. The Hall–Kier alpha value is -2.17. The Morgan fingerprint density at radius 3 is 2.42 bits per heavy atom. The number of rotatable bonds is 3. The highest BCUT2D eigenvalue weighted by Gasteiger charge is 2.42. The van der Waals surface area contributed by atoms with Crippen molar-refractivity contribution >= 4 is 23.3 Å². The number of benzene rings is 2. The maximum absolute atomic E-state index is 13.1. The van der Waals surface area contributed by atoms with Crippen LogP contribution in [0.15, 0.2) is 48.5 Å². The van der Waals surface area contributed by atoms with Gasteiger partial charge >= 0.3 is 0 Å². The lowest BCUT2D eigenvalue weighted by molar-refractivity contribution is 0.0771. The molecule has 134 valence electrons. The summed E-state index contributed by atoms with van der Waals surface area (Å²) in [6.07, 6.45) is 2.14. The molecule has 1 N–H and O–H groups in total. The SMILES string of the molecule is O=C(c1ccc(Cl)cc1)c1ccccc1C(=O)N1CCC2(CCNC2)C1. The van der Waals surface area contributed by atoms with Crippen LogP contribution in [0.2, 0.25) is 5.02 Å². The van der Waals surface area contributed by atoms with E-state index in [1.165, 1.54) is 0 Å². The number of nitrogens with one attached hydrogen (secondary N) is 1. The number of halogens is 1. The normalized spacial score (nSPS) is 22.1. The zero-order valence-electron chi connectivity index (χ0n) is 14.5. The van der Waals surface area contributed by atoms with E-state index in [1.54, 1.807) is 42.5 Å². The van der Waals surface area contributed by atoms with Gasteiger partial charge in [-0.3, -0.25) is 9.59 Å². The molecule has 2 aliphatic heterocycles. The largest absolute Gasteiger partial charge is 0.338 e. The fourth-order valence-corrected chi connectivity index (χ4v) is 4.17. The predicted molar refractivity (Wildman–Crippen MR) is 102 cm³/mol. The molecule has 5 heteroatoms. The third-order valence-electron chi connectivity index (χ3n) is 5.57. The highest BCUT2D eigenvalue weighted by Crippen LogP contribution is 2.36. The van der Waals surface area contributed by atoms with Crippen LogP contribution >= 0.6 is 11.6 Å². The van der Waals surface area contributed by atoms with E-state index in [-0.39, 0.29) is 17.1 Å². The highest BCUT2D eigenvalue weighted by molar-refractivity contribution is 6.30. The summed E-state index contributed by atoms with van der Waals surface area (Å²) >= 11 is 5.91. The predicted octanol–water partition coefficient (Wildman–Crippen LogP) is 3.40. The van der Waals surface area contributed by atoms with Gasteiger partial charge in [-0.25, -0.2) is 0 Å². The van der Waals surface area contributed by atoms with Crippen LogP contribution in [0.4, 0.5) is 0 Å². The second kappa shape index (κ2) is 6.86. The van der Waals surface area contributed by atoms with Crippen molar-refractivity contribution in [2.75, 3.05) is 26.2 Å². The lowest BCUT2D eigenvalue weighted by Gasteiger charge is -2.23. The van der Waals surface area contributed by atoms with E-state index in [0.717, 1.165) is 39.0 Å². The van der Waals surface area contributed by atoms with E-state index in [1.807, 2.05) is 11.0 Å². The second-order valence-electron chi connectivity index (χ2n) is 7.29. The van der Waals surface area contributed by atoms with Crippen LogP contribution in [0.1, 0.15) is 39.1 Å². The Morgan fingerprint density at radius 2 is 1.73 bits per heavy atom. The van der Waals surface area contributed by atoms with E-state index in [9.17, 15) is 9.59 Å². The molecule has 1 atom stereocenters. The number of hydrogen-bond acceptors (Lipinski definition) is 3. The van der Waals surface area contributed by atoms with E-state index in [2.05, 4.69) is 5.32 Å². The van der Waals surface area contributed by atoms with Gasteiger partial charge < -0.3 is 10.2 Å². The first-order valence-corrected chi connectivity index (χ1v) is 9.35. The standard InChI is InChI=1S/C21H21ClN2O2/c22-16-7-5-15(6-8-16)19(25)17-3-1-2-4-18(17)20(26)24-12-10-21(14-24)9-11-23-13-21/h1-8,23H,9-14H2. The Kier molecular flexibility index (Phi) is 4.55. The summed E-state index contributed by atoms with van der Waals surface area (Å²) in [6.45, 7) is 3.52. The van der Waals surface area contributed by atoms with Crippen LogP contribution < -0.4 is 5.32 Å². The van der Waals surface area contributed by atoms with Crippen molar-refractivity contribution in [3.63, 3.8) is 0 Å². The van der Waals surface area contributed by atoms with Gasteiger partial charge in [-0.2, -0.15) is 0 Å². The molecule has 26 heavy (non-hydrogen) atoms. The van der Waals surface area contributed by atoms with Crippen LogP contribution in [-0.2, 0) is 0 Å². The van der Waals surface area contributed by atoms with E-state index in [0.29, 0.717) is 21.7 Å². The monoisotopic (exact) mass is 368 g/mol. The second-order valence-corrected chi connectivity index (χ2v) is 7.72. The molecular formula is C21H21ClN2O2. The number of carbonyl (C=O) groups is 2. The minimum atomic E-state index is -0.151. The molecule has 0 bridgehead atoms. The van der Waals surface area contributed by atoms with E-state index in [4.69, 9.17) is 11.6 Å². The van der Waals surface area contributed by atoms with Gasteiger partial charge in [-0.05, 0) is 49.7 Å². The Morgan fingerprint density at radius 1 is 1.00 bits per heavy atom. The third kappa shape index (κ3) is 3.15. The molecule has 2 aliphatic rings. The zero-order valence-corrected chi connectivity index (χ0v) is 15.3. The molecule has 2 aromatic rings. The molecular weight excluding hydrogens is 348 g/mol. The lowest BCUT2D eigenvalue weighted by atomic mass is 9.86. The summed E-state index contributed by atoms with van der Waals surface area (Å²) < 4.78 is 0. The Labute approximate surface area is 158 Å². The summed E-state index contributed by atoms with van der Waals surface area (Å²) in [5.74, 6) is -0.200. The van der Waals surface area contributed by atoms with Crippen molar-refractivity contribution in [3.8, 4) is 0 Å². The first-order valence-electron chi connectivity index (χ1n) is 8.97. The van der Waals surface area contributed by atoms with Gasteiger partial charge in [-0.1, -0.05) is 29.8 Å². The number of nitrogens with zero attached hydrogens (tertiary/aromatic N) is 1. The van der Waals surface area contributed by atoms with Crippen molar-refractivity contribution in [2.45, 2.75) is 12.8 Å². The average molecular weight is 369 g/mol. The van der Waals surface area contributed by atoms with Gasteiger partial charge in [0, 0.05) is 41.2 Å². The smallest absolute Gasteiger partial charge is 0.254 e. The molecule has 0 radical (unpaired) electrons. The number of hydrogen-bond donors (Lipinski definition) is 1. The van der Waals surface area contributed by atoms with Crippen molar-refractivity contribution in [2.24, 2.45) is 5.41 Å². The lowest BCUT2D eigenvalue weighted by Crippen LogP contribution is -2.34. The molecule has 2 aromatic carbocycles. The summed E-state index contributed by atoms with van der Waals surface area (Å²) in [7, 11) is 0. The van der Waals surface area contributed by atoms with Gasteiger partial charge in [0.1, 0.15) is 0 Å². The van der Waals surface area contributed by atoms with Gasteiger partial charge in [0.05, 0.1) is 5.56 Å². The number of amides is 1. The molecule has 4 nitrogen and oxygen atoms in total. The summed E-state index contributed by atoms with van der Waals surface area (Å²) in [4.78, 5) is 28.0. The van der Waals surface area contributed by atoms with Crippen LogP contribution in [0.5, 0.6) is 0 Å². The van der Waals surface area contributed by atoms with Gasteiger partial charge in [0.25, 0.3) is 5.91 Å². The van der Waals surface area contributed by atoms with Crippen molar-refractivity contribution < 1.29 is 9.59 Å². The maximum atomic E-state index is 13.1. The molecule has 1 amide bonds. The zero-order chi connectivity index (χ0) is 18.1. The molecule has 2 heterocycles. The molecule has 0 aromatic heterocycles. The van der Waals surface area contributed by atoms with Crippen LogP contribution in [-0.4, -0.2) is 42.8 Å². The molecule has 0 aliphatic carbocycles. The molecule has 2 fully saturated rings. The van der Waals surface area contributed by atoms with Gasteiger partial charge in [-0.15, -0.1) is 0 Å². The van der Waals surface area contributed by atoms with Crippen molar-refractivity contribution in [1.29, 1.82) is 0 Å². The first kappa shape index (κ1) is 17.3. The van der Waals surface area contributed by atoms with Crippen LogP contribution in [0, 0.1) is 5.41 Å². The number of carbonyl (C=O) groups excluding carboxylic acids is 2. The Bertz CT molecular complexity index is 841. The highest BCUT2D eigenvalue weighted by atomic mass is 35.5. The summed E-state index contributed by atoms with van der Waals surface area (Å²) in [6, 6.07) is 13.9. The summed E-state index contributed by atoms with van der Waals surface area (Å²) in [5, 5.41) is 3.99. The minimum Gasteiger partial charge on any atom is -0.338 e. The number of ketones is 1. The Balaban J connectivity index is 1.60. The fraction of sp³-hybridized carbons (Fsp3) is 0.333. The molecule has 1 unspecified atom stereocenters. The summed E-state index contributed by atoms with van der Waals surface area (Å²) in [5.41, 5.74) is 1.68. The van der Waals surface area contributed by atoms with Gasteiger partial charge in [0.15, 0.2) is 5.78 Å². The molecule has 4 rings (SSSR count). The number of likely N-dealkylation sites (tertiary alicyclic amines) is 1. The van der Waals surface area contributed by atoms with Gasteiger partial charge in [0.2, 0.25) is 0 Å². The first-order chi connectivity index (χ1) is 12.6. The van der Waals surface area contributed by atoms with Crippen LogP contribution in [0.25, 0.3) is 0 Å². The minimum absolute atomic E-state index is 0.0494. The maximum Gasteiger partial charge on any atom is 0.254 e. The topological polar surface area (TPSA) is 49.4 Å². The molecule has 0 saturated carbocycles. The van der Waals surface area contributed by atoms with E-state index >= 15 is 0 Å². The molecule has 1 spiro atoms.